The Labute approximate surface area is 164 Å². The minimum absolute atomic E-state index is 0.556. The van der Waals surface area contributed by atoms with Crippen LogP contribution < -0.4 is 4.74 Å². The molecule has 0 saturated carbocycles. The van der Waals surface area contributed by atoms with Crippen LogP contribution in [-0.2, 0) is 6.54 Å². The van der Waals surface area contributed by atoms with Crippen LogP contribution in [0.1, 0.15) is 24.8 Å². The second kappa shape index (κ2) is 7.52. The summed E-state index contributed by atoms with van der Waals surface area (Å²) < 4.78 is 11.6. The Morgan fingerprint density at radius 3 is 2.82 bits per heavy atom. The maximum absolute atomic E-state index is 6.17. The fourth-order valence-corrected chi connectivity index (χ4v) is 3.93. The zero-order valence-corrected chi connectivity index (χ0v) is 15.7. The van der Waals surface area contributed by atoms with Gasteiger partial charge in [-0.05, 0) is 55.8 Å². The van der Waals surface area contributed by atoms with Gasteiger partial charge in [0.2, 0.25) is 5.89 Å². The average molecular weight is 373 g/mol. The lowest BCUT2D eigenvalue weighted by Crippen LogP contribution is -2.28. The smallest absolute Gasteiger partial charge is 0.229 e. The second-order valence-electron chi connectivity index (χ2n) is 7.29. The van der Waals surface area contributed by atoms with E-state index in [1.54, 1.807) is 12.5 Å². The van der Waals surface area contributed by atoms with Gasteiger partial charge in [0.05, 0.1) is 11.8 Å². The van der Waals surface area contributed by atoms with Gasteiger partial charge in [0.1, 0.15) is 17.8 Å². The molecule has 1 aliphatic heterocycles. The van der Waals surface area contributed by atoms with Crippen molar-refractivity contribution in [2.75, 3.05) is 13.1 Å². The monoisotopic (exact) mass is 373 g/mol. The van der Waals surface area contributed by atoms with E-state index in [4.69, 9.17) is 9.15 Å². The topological polar surface area (TPSA) is 54.3 Å². The maximum Gasteiger partial charge on any atom is 0.229 e. The Morgan fingerprint density at radius 2 is 1.96 bits per heavy atom. The lowest BCUT2D eigenvalue weighted by atomic mass is 10.1. The number of aromatic nitrogens is 2. The zero-order valence-electron chi connectivity index (χ0n) is 15.7. The molecule has 1 fully saturated rings. The normalized spacial score (nSPS) is 15.1. The van der Waals surface area contributed by atoms with E-state index in [0.29, 0.717) is 5.89 Å². The molecule has 5 heteroatoms. The molecule has 1 saturated heterocycles. The van der Waals surface area contributed by atoms with Crippen molar-refractivity contribution in [2.45, 2.75) is 25.8 Å². The lowest BCUT2D eigenvalue weighted by molar-refractivity contribution is 0.221. The molecule has 2 aromatic heterocycles. The van der Waals surface area contributed by atoms with Gasteiger partial charge in [-0.1, -0.05) is 18.6 Å². The molecule has 0 unspecified atom stereocenters. The maximum atomic E-state index is 6.17. The number of nitrogens with one attached hydrogen (secondary N) is 1. The summed E-state index contributed by atoms with van der Waals surface area (Å²) in [5.74, 6) is 2.07. The van der Waals surface area contributed by atoms with Crippen LogP contribution in [0.25, 0.3) is 22.4 Å². The molecule has 3 heterocycles. The molecular formula is C23H23N3O2. The van der Waals surface area contributed by atoms with Gasteiger partial charge in [-0.3, -0.25) is 4.90 Å². The van der Waals surface area contributed by atoms with E-state index in [2.05, 4.69) is 33.2 Å². The Kier molecular flexibility index (Phi) is 4.59. The second-order valence-corrected chi connectivity index (χ2v) is 7.29. The molecule has 0 spiro atoms. The predicted molar refractivity (Wildman–Crippen MR) is 109 cm³/mol. The summed E-state index contributed by atoms with van der Waals surface area (Å²) in [6.45, 7) is 3.41. The molecular weight excluding hydrogens is 350 g/mol. The first kappa shape index (κ1) is 17.1. The summed E-state index contributed by atoms with van der Waals surface area (Å²) in [5, 5.41) is 1.26. The Morgan fingerprint density at radius 1 is 1.07 bits per heavy atom. The van der Waals surface area contributed by atoms with E-state index in [1.165, 1.54) is 43.3 Å². The van der Waals surface area contributed by atoms with Crippen LogP contribution in [0.5, 0.6) is 11.5 Å². The quantitative estimate of drug-likeness (QED) is 0.495. The van der Waals surface area contributed by atoms with Crippen molar-refractivity contribution in [3.8, 4) is 23.0 Å². The molecule has 0 radical (unpaired) electrons. The highest BCUT2D eigenvalue weighted by Gasteiger charge is 2.14. The van der Waals surface area contributed by atoms with Crippen molar-refractivity contribution in [3.63, 3.8) is 0 Å². The molecule has 1 aliphatic rings. The third-order valence-electron chi connectivity index (χ3n) is 5.36. The van der Waals surface area contributed by atoms with Crippen molar-refractivity contribution >= 4 is 10.9 Å². The number of rotatable bonds is 5. The first-order chi connectivity index (χ1) is 13.9. The zero-order chi connectivity index (χ0) is 18.8. The van der Waals surface area contributed by atoms with Gasteiger partial charge in [-0.15, -0.1) is 0 Å². The lowest BCUT2D eigenvalue weighted by Gasteiger charge is -2.26. The minimum atomic E-state index is 0.556. The fourth-order valence-electron chi connectivity index (χ4n) is 3.93. The van der Waals surface area contributed by atoms with Crippen LogP contribution in [0, 0.1) is 0 Å². The van der Waals surface area contributed by atoms with Crippen molar-refractivity contribution in [1.82, 2.24) is 14.9 Å². The standard InChI is InChI=1S/C23H23N3O2/c1-4-11-26(12-5-1)16-17-15-25-21-14-18(8-9-19(17)21)28-22-7-3-2-6-20(22)23-24-10-13-27-23/h2-3,6-10,13-15,25H,1,4-5,11-12,16H2. The van der Waals surface area contributed by atoms with Crippen molar-refractivity contribution in [3.05, 3.63) is 66.7 Å². The Hall–Kier alpha value is -3.05. The van der Waals surface area contributed by atoms with Crippen LogP contribution in [0.4, 0.5) is 0 Å². The summed E-state index contributed by atoms with van der Waals surface area (Å²) >= 11 is 0. The number of ether oxygens (including phenoxy) is 1. The summed E-state index contributed by atoms with van der Waals surface area (Å²) in [6.07, 6.45) is 9.32. The van der Waals surface area contributed by atoms with Crippen LogP contribution in [0.2, 0.25) is 0 Å². The highest BCUT2D eigenvalue weighted by Crippen LogP contribution is 2.34. The van der Waals surface area contributed by atoms with Crippen molar-refractivity contribution in [2.24, 2.45) is 0 Å². The van der Waals surface area contributed by atoms with Crippen LogP contribution in [0.3, 0.4) is 0 Å². The first-order valence-electron chi connectivity index (χ1n) is 9.86. The average Bonchev–Trinajstić information content (AvgIpc) is 3.40. The van der Waals surface area contributed by atoms with E-state index in [9.17, 15) is 0 Å². The number of H-pyrrole nitrogens is 1. The van der Waals surface area contributed by atoms with Crippen LogP contribution in [0.15, 0.2) is 65.5 Å². The molecule has 0 amide bonds. The number of hydrogen-bond acceptors (Lipinski definition) is 4. The third kappa shape index (κ3) is 3.41. The van der Waals surface area contributed by atoms with Gasteiger partial charge in [-0.25, -0.2) is 4.98 Å². The molecule has 5 nitrogen and oxygen atoms in total. The highest BCUT2D eigenvalue weighted by atomic mass is 16.5. The number of aromatic amines is 1. The largest absolute Gasteiger partial charge is 0.456 e. The van der Waals surface area contributed by atoms with Gasteiger partial charge in [0, 0.05) is 29.7 Å². The highest BCUT2D eigenvalue weighted by molar-refractivity contribution is 5.84. The number of benzene rings is 2. The van der Waals surface area contributed by atoms with Crippen molar-refractivity contribution < 1.29 is 9.15 Å². The Balaban J connectivity index is 1.39. The molecule has 0 atom stereocenters. The number of fused-ring (bicyclic) bond motifs is 1. The number of para-hydroxylation sites is 1. The SMILES string of the molecule is c1ccc(-c2ncco2)c(Oc2ccc3c(CN4CCCCC4)c[nH]c3c2)c1. The molecule has 28 heavy (non-hydrogen) atoms. The molecule has 2 aromatic carbocycles. The summed E-state index contributed by atoms with van der Waals surface area (Å²) in [6, 6.07) is 14.0. The van der Waals surface area contributed by atoms with E-state index in [1.807, 2.05) is 30.3 Å². The van der Waals surface area contributed by atoms with E-state index >= 15 is 0 Å². The van der Waals surface area contributed by atoms with Gasteiger partial charge >= 0.3 is 0 Å². The van der Waals surface area contributed by atoms with Crippen molar-refractivity contribution in [1.29, 1.82) is 0 Å². The molecule has 0 aliphatic carbocycles. The number of piperidine rings is 1. The Bertz CT molecular complexity index is 1060. The number of hydrogen-bond donors (Lipinski definition) is 1. The predicted octanol–water partition coefficient (Wildman–Crippen LogP) is 5.60. The number of oxazole rings is 1. The van der Waals surface area contributed by atoms with E-state index in [-0.39, 0.29) is 0 Å². The van der Waals surface area contributed by atoms with Gasteiger partial charge in [0.15, 0.2) is 0 Å². The number of nitrogens with zero attached hydrogens (tertiary/aromatic N) is 2. The summed E-state index contributed by atoms with van der Waals surface area (Å²) in [7, 11) is 0. The third-order valence-corrected chi connectivity index (χ3v) is 5.36. The summed E-state index contributed by atoms with van der Waals surface area (Å²) in [4.78, 5) is 10.2. The molecule has 4 aromatic rings. The molecule has 1 N–H and O–H groups in total. The van der Waals surface area contributed by atoms with Gasteiger partial charge in [0.25, 0.3) is 0 Å². The van der Waals surface area contributed by atoms with E-state index in [0.717, 1.165) is 29.1 Å². The first-order valence-corrected chi connectivity index (χ1v) is 9.86. The molecule has 0 bridgehead atoms. The minimum Gasteiger partial charge on any atom is -0.456 e. The molecule has 5 rings (SSSR count). The van der Waals surface area contributed by atoms with Crippen LogP contribution in [-0.4, -0.2) is 28.0 Å². The molecule has 142 valence electrons. The van der Waals surface area contributed by atoms with Gasteiger partial charge < -0.3 is 14.1 Å². The van der Waals surface area contributed by atoms with Crippen LogP contribution >= 0.6 is 0 Å². The summed E-state index contributed by atoms with van der Waals surface area (Å²) in [5.41, 5.74) is 3.28. The fraction of sp³-hybridized carbons (Fsp3) is 0.261. The van der Waals surface area contributed by atoms with Gasteiger partial charge in [-0.2, -0.15) is 0 Å². The van der Waals surface area contributed by atoms with E-state index < -0.39 is 0 Å². The number of likely N-dealkylation sites (tertiary alicyclic amines) is 1.